The Balaban J connectivity index is 0.00000144. The first-order chi connectivity index (χ1) is 14.8. The molecule has 186 valence electrons. The van der Waals surface area contributed by atoms with Gasteiger partial charge in [0, 0.05) is 35.2 Å². The molecule has 1 aliphatic carbocycles. The SMILES string of the molecule is Cl.Cl.Cl.Cl.NCCCCN(Cc1nccc2c1[nH]c1ccccc12)C1CCCc2cccnc21. The van der Waals surface area contributed by atoms with E-state index in [-0.39, 0.29) is 49.6 Å². The van der Waals surface area contributed by atoms with Crippen molar-refractivity contribution in [3.63, 3.8) is 0 Å². The average molecular weight is 545 g/mol. The van der Waals surface area contributed by atoms with E-state index in [9.17, 15) is 0 Å². The maximum atomic E-state index is 5.79. The van der Waals surface area contributed by atoms with E-state index >= 15 is 0 Å². The molecule has 0 saturated carbocycles. The molecular formula is C25H33Cl4N5. The molecular weight excluding hydrogens is 512 g/mol. The van der Waals surface area contributed by atoms with E-state index in [1.165, 1.54) is 34.0 Å². The van der Waals surface area contributed by atoms with Crippen molar-refractivity contribution in [3.8, 4) is 0 Å². The lowest BCUT2D eigenvalue weighted by atomic mass is 9.90. The van der Waals surface area contributed by atoms with Crippen molar-refractivity contribution < 1.29 is 0 Å². The summed E-state index contributed by atoms with van der Waals surface area (Å²) in [5.41, 5.74) is 11.9. The van der Waals surface area contributed by atoms with Crippen LogP contribution in [-0.4, -0.2) is 32.9 Å². The number of aromatic amines is 1. The average Bonchev–Trinajstić information content (AvgIpc) is 3.18. The number of hydrogen-bond acceptors (Lipinski definition) is 4. The highest BCUT2D eigenvalue weighted by Gasteiger charge is 2.27. The summed E-state index contributed by atoms with van der Waals surface area (Å²) in [6, 6.07) is 15.3. The predicted molar refractivity (Wildman–Crippen MR) is 151 cm³/mol. The van der Waals surface area contributed by atoms with Crippen LogP contribution < -0.4 is 5.73 Å². The highest BCUT2D eigenvalue weighted by molar-refractivity contribution is 6.07. The van der Waals surface area contributed by atoms with Crippen molar-refractivity contribution >= 4 is 71.4 Å². The van der Waals surface area contributed by atoms with E-state index in [1.54, 1.807) is 0 Å². The zero-order chi connectivity index (χ0) is 20.3. The number of nitrogens with zero attached hydrogens (tertiary/aromatic N) is 3. The first kappa shape index (κ1) is 30.4. The number of hydrogen-bond donors (Lipinski definition) is 2. The maximum absolute atomic E-state index is 5.79. The van der Waals surface area contributed by atoms with Gasteiger partial charge in [0.2, 0.25) is 0 Å². The summed E-state index contributed by atoms with van der Waals surface area (Å²) in [5, 5.41) is 2.51. The van der Waals surface area contributed by atoms with Crippen LogP contribution in [0.15, 0.2) is 54.9 Å². The quantitative estimate of drug-likeness (QED) is 0.263. The molecule has 3 N–H and O–H groups in total. The van der Waals surface area contributed by atoms with Gasteiger partial charge >= 0.3 is 0 Å². The van der Waals surface area contributed by atoms with Crippen LogP contribution in [0.5, 0.6) is 0 Å². The number of benzene rings is 1. The zero-order valence-electron chi connectivity index (χ0n) is 19.0. The molecule has 4 aromatic rings. The molecule has 1 unspecified atom stereocenters. The second kappa shape index (κ2) is 14.1. The largest absolute Gasteiger partial charge is 0.353 e. The fraction of sp³-hybridized carbons (Fsp3) is 0.360. The van der Waals surface area contributed by atoms with Crippen molar-refractivity contribution in [3.05, 3.63) is 71.8 Å². The molecule has 1 aliphatic rings. The topological polar surface area (TPSA) is 70.8 Å². The molecule has 3 heterocycles. The smallest absolute Gasteiger partial charge is 0.0784 e. The van der Waals surface area contributed by atoms with E-state index < -0.39 is 0 Å². The van der Waals surface area contributed by atoms with Crippen molar-refractivity contribution in [2.75, 3.05) is 13.1 Å². The second-order valence-corrected chi connectivity index (χ2v) is 8.27. The van der Waals surface area contributed by atoms with Crippen molar-refractivity contribution in [1.29, 1.82) is 0 Å². The summed E-state index contributed by atoms with van der Waals surface area (Å²) in [6.45, 7) is 2.56. The number of para-hydroxylation sites is 1. The molecule has 34 heavy (non-hydrogen) atoms. The number of pyridine rings is 2. The van der Waals surface area contributed by atoms with Gasteiger partial charge < -0.3 is 10.7 Å². The minimum absolute atomic E-state index is 0. The van der Waals surface area contributed by atoms with Crippen molar-refractivity contribution in [2.24, 2.45) is 5.73 Å². The van der Waals surface area contributed by atoms with Crippen LogP contribution in [0.25, 0.3) is 21.8 Å². The molecule has 0 radical (unpaired) electrons. The molecule has 0 bridgehead atoms. The van der Waals surface area contributed by atoms with Crippen LogP contribution in [0, 0.1) is 0 Å². The molecule has 0 aliphatic heterocycles. The molecule has 9 heteroatoms. The number of unbranched alkanes of at least 4 members (excludes halogenated alkanes) is 1. The van der Waals surface area contributed by atoms with Gasteiger partial charge in [-0.15, -0.1) is 49.6 Å². The van der Waals surface area contributed by atoms with Gasteiger partial charge in [-0.05, 0) is 69.0 Å². The minimum atomic E-state index is 0. The normalized spacial score (nSPS) is 14.5. The number of nitrogens with one attached hydrogen (secondary N) is 1. The lowest BCUT2D eigenvalue weighted by Gasteiger charge is -2.35. The Labute approximate surface area is 225 Å². The highest BCUT2D eigenvalue weighted by atomic mass is 35.5. The van der Waals surface area contributed by atoms with Crippen LogP contribution in [0.3, 0.4) is 0 Å². The number of aryl methyl sites for hydroxylation is 1. The van der Waals surface area contributed by atoms with Crippen LogP contribution in [0.4, 0.5) is 0 Å². The van der Waals surface area contributed by atoms with E-state index in [0.717, 1.165) is 56.5 Å². The third-order valence-corrected chi connectivity index (χ3v) is 6.36. The molecule has 1 aromatic carbocycles. The maximum Gasteiger partial charge on any atom is 0.0784 e. The summed E-state index contributed by atoms with van der Waals surface area (Å²) in [7, 11) is 0. The zero-order valence-corrected chi connectivity index (χ0v) is 22.2. The van der Waals surface area contributed by atoms with Crippen LogP contribution in [0.2, 0.25) is 0 Å². The molecule has 0 amide bonds. The third kappa shape index (κ3) is 6.14. The van der Waals surface area contributed by atoms with E-state index in [2.05, 4.69) is 52.3 Å². The molecule has 0 spiro atoms. The van der Waals surface area contributed by atoms with E-state index in [1.807, 2.05) is 12.4 Å². The Morgan fingerprint density at radius 3 is 2.56 bits per heavy atom. The van der Waals surface area contributed by atoms with Gasteiger partial charge in [0.05, 0.1) is 22.9 Å². The van der Waals surface area contributed by atoms with Gasteiger partial charge in [0.25, 0.3) is 0 Å². The standard InChI is InChI=1S/C25H29N5.4ClH/c26-13-3-4-16-30(23-11-5-7-18-8-6-14-28-24(18)23)17-22-25-20(12-15-27-22)19-9-1-2-10-21(19)29-25;;;;/h1-2,6,8-10,12,14-15,23,29H,3-5,7,11,13,16-17,26H2;4*1H. The van der Waals surface area contributed by atoms with Gasteiger partial charge in [-0.2, -0.15) is 0 Å². The van der Waals surface area contributed by atoms with E-state index in [0.29, 0.717) is 6.04 Å². The predicted octanol–water partition coefficient (Wildman–Crippen LogP) is 6.42. The fourth-order valence-electron chi connectivity index (χ4n) is 4.89. The number of rotatable bonds is 7. The summed E-state index contributed by atoms with van der Waals surface area (Å²) in [6.07, 6.45) is 9.51. The molecule has 3 aromatic heterocycles. The first-order valence-corrected chi connectivity index (χ1v) is 11.1. The van der Waals surface area contributed by atoms with Crippen LogP contribution in [0.1, 0.15) is 48.7 Å². The number of fused-ring (bicyclic) bond motifs is 4. The number of nitrogens with two attached hydrogens (primary N) is 1. The lowest BCUT2D eigenvalue weighted by Crippen LogP contribution is -2.33. The van der Waals surface area contributed by atoms with Gasteiger partial charge in [-0.3, -0.25) is 14.9 Å². The Morgan fingerprint density at radius 1 is 0.912 bits per heavy atom. The highest BCUT2D eigenvalue weighted by Crippen LogP contribution is 2.35. The Morgan fingerprint density at radius 2 is 1.74 bits per heavy atom. The minimum Gasteiger partial charge on any atom is -0.353 e. The van der Waals surface area contributed by atoms with Crippen molar-refractivity contribution in [2.45, 2.75) is 44.7 Å². The van der Waals surface area contributed by atoms with E-state index in [4.69, 9.17) is 15.7 Å². The molecule has 1 atom stereocenters. The van der Waals surface area contributed by atoms with Gasteiger partial charge in [0.15, 0.2) is 0 Å². The third-order valence-electron chi connectivity index (χ3n) is 6.36. The summed E-state index contributed by atoms with van der Waals surface area (Å²) < 4.78 is 0. The summed E-state index contributed by atoms with van der Waals surface area (Å²) in [5.74, 6) is 0. The Bertz CT molecular complexity index is 1170. The summed E-state index contributed by atoms with van der Waals surface area (Å²) >= 11 is 0. The number of halogens is 4. The van der Waals surface area contributed by atoms with Gasteiger partial charge in [-0.1, -0.05) is 24.3 Å². The monoisotopic (exact) mass is 543 g/mol. The molecule has 0 fully saturated rings. The molecule has 5 rings (SSSR count). The number of aromatic nitrogens is 3. The molecule has 0 saturated heterocycles. The Kier molecular flexibility index (Phi) is 12.6. The van der Waals surface area contributed by atoms with Gasteiger partial charge in [-0.25, -0.2) is 0 Å². The second-order valence-electron chi connectivity index (χ2n) is 8.27. The van der Waals surface area contributed by atoms with Crippen LogP contribution in [-0.2, 0) is 13.0 Å². The summed E-state index contributed by atoms with van der Waals surface area (Å²) in [4.78, 5) is 15.8. The van der Waals surface area contributed by atoms with Gasteiger partial charge in [0.1, 0.15) is 0 Å². The van der Waals surface area contributed by atoms with Crippen molar-refractivity contribution in [1.82, 2.24) is 19.9 Å². The van der Waals surface area contributed by atoms with Crippen LogP contribution >= 0.6 is 49.6 Å². The lowest BCUT2D eigenvalue weighted by molar-refractivity contribution is 0.161. The first-order valence-electron chi connectivity index (χ1n) is 11.1. The molecule has 5 nitrogen and oxygen atoms in total. The fourth-order valence-corrected chi connectivity index (χ4v) is 4.89. The Hall–Kier alpha value is -1.60. The number of H-pyrrole nitrogens is 1.